The van der Waals surface area contributed by atoms with Gasteiger partial charge in [-0.05, 0) is 55.8 Å². The van der Waals surface area contributed by atoms with Crippen molar-refractivity contribution in [2.75, 3.05) is 5.32 Å². The molecule has 30 heavy (non-hydrogen) atoms. The minimum atomic E-state index is -0.450. The predicted octanol–water partition coefficient (Wildman–Crippen LogP) is 2.74. The molecule has 1 aromatic carbocycles. The number of anilines is 1. The van der Waals surface area contributed by atoms with Crippen LogP contribution >= 0.6 is 0 Å². The molecule has 0 unspecified atom stereocenters. The summed E-state index contributed by atoms with van der Waals surface area (Å²) in [6, 6.07) is 10.8. The highest BCUT2D eigenvalue weighted by Crippen LogP contribution is 2.14. The van der Waals surface area contributed by atoms with Crippen LogP contribution in [-0.4, -0.2) is 30.2 Å². The van der Waals surface area contributed by atoms with Crippen LogP contribution in [0.25, 0.3) is 5.69 Å². The fourth-order valence-electron chi connectivity index (χ4n) is 3.05. The lowest BCUT2D eigenvalue weighted by molar-refractivity contribution is 0.102. The van der Waals surface area contributed by atoms with Gasteiger partial charge in [-0.25, -0.2) is 4.68 Å². The summed E-state index contributed by atoms with van der Waals surface area (Å²) >= 11 is 0. The summed E-state index contributed by atoms with van der Waals surface area (Å²) in [6.07, 6.45) is 8.47. The Labute approximate surface area is 172 Å². The molecule has 0 aliphatic heterocycles. The number of hydrogen-bond acceptors (Lipinski definition) is 5. The van der Waals surface area contributed by atoms with Gasteiger partial charge in [0.25, 0.3) is 11.5 Å². The van der Waals surface area contributed by atoms with Gasteiger partial charge in [0.05, 0.1) is 29.8 Å². The molecule has 0 aliphatic rings. The molecule has 0 fully saturated rings. The minimum absolute atomic E-state index is 0.105. The van der Waals surface area contributed by atoms with Crippen LogP contribution in [0.4, 0.5) is 5.69 Å². The van der Waals surface area contributed by atoms with Crippen molar-refractivity contribution in [2.45, 2.75) is 20.4 Å². The molecule has 4 rings (SSSR count). The average Bonchev–Trinajstić information content (AvgIpc) is 3.27. The van der Waals surface area contributed by atoms with E-state index in [1.165, 1.54) is 4.57 Å². The average molecular weight is 400 g/mol. The van der Waals surface area contributed by atoms with E-state index in [2.05, 4.69) is 20.4 Å². The normalized spacial score (nSPS) is 10.7. The smallest absolute Gasteiger partial charge is 0.264 e. The Balaban J connectivity index is 1.56. The number of benzene rings is 1. The zero-order chi connectivity index (χ0) is 21.1. The quantitative estimate of drug-likeness (QED) is 0.556. The van der Waals surface area contributed by atoms with Gasteiger partial charge in [-0.3, -0.25) is 19.6 Å². The van der Waals surface area contributed by atoms with E-state index in [-0.39, 0.29) is 17.7 Å². The van der Waals surface area contributed by atoms with E-state index in [1.807, 2.05) is 31.3 Å². The number of amides is 1. The van der Waals surface area contributed by atoms with Gasteiger partial charge in [-0.2, -0.15) is 5.10 Å². The number of carbonyl (C=O) groups is 1. The molecule has 3 heterocycles. The van der Waals surface area contributed by atoms with E-state index in [1.54, 1.807) is 54.6 Å². The summed E-state index contributed by atoms with van der Waals surface area (Å²) in [5, 5.41) is 6.97. The molecule has 0 spiro atoms. The zero-order valence-electron chi connectivity index (χ0n) is 16.6. The third-order valence-electron chi connectivity index (χ3n) is 4.66. The topological polar surface area (TPSA) is 94.7 Å². The zero-order valence-corrected chi connectivity index (χ0v) is 16.6. The van der Waals surface area contributed by atoms with Crippen molar-refractivity contribution in [3.8, 4) is 5.69 Å². The Morgan fingerprint density at radius 3 is 2.50 bits per heavy atom. The maximum atomic E-state index is 12.9. The number of pyridine rings is 1. The van der Waals surface area contributed by atoms with Crippen LogP contribution in [0.3, 0.4) is 0 Å². The first-order valence-electron chi connectivity index (χ1n) is 9.40. The lowest BCUT2D eigenvalue weighted by Gasteiger charge is -2.11. The van der Waals surface area contributed by atoms with Crippen LogP contribution in [-0.2, 0) is 6.54 Å². The Morgan fingerprint density at radius 1 is 1.03 bits per heavy atom. The van der Waals surface area contributed by atoms with Crippen LogP contribution < -0.4 is 10.9 Å². The first-order chi connectivity index (χ1) is 14.5. The van der Waals surface area contributed by atoms with Crippen LogP contribution in [0.1, 0.15) is 27.3 Å². The Bertz CT molecular complexity index is 1230. The minimum Gasteiger partial charge on any atom is -0.322 e. The third kappa shape index (κ3) is 4.02. The first kappa shape index (κ1) is 19.3. The Morgan fingerprint density at radius 2 is 1.83 bits per heavy atom. The maximum absolute atomic E-state index is 12.9. The van der Waals surface area contributed by atoms with Gasteiger partial charge in [0.1, 0.15) is 5.56 Å². The first-order valence-corrected chi connectivity index (χ1v) is 9.40. The van der Waals surface area contributed by atoms with E-state index in [0.29, 0.717) is 16.9 Å². The van der Waals surface area contributed by atoms with Crippen molar-refractivity contribution in [1.29, 1.82) is 0 Å². The van der Waals surface area contributed by atoms with Gasteiger partial charge in [0.2, 0.25) is 0 Å². The van der Waals surface area contributed by atoms with Crippen molar-refractivity contribution in [2.24, 2.45) is 0 Å². The predicted molar refractivity (Wildman–Crippen MR) is 113 cm³/mol. The summed E-state index contributed by atoms with van der Waals surface area (Å²) in [5.74, 6) is -0.450. The number of aromatic nitrogens is 5. The number of nitrogens with zero attached hydrogens (tertiary/aromatic N) is 5. The molecule has 1 amide bonds. The number of nitrogens with one attached hydrogen (secondary N) is 1. The largest absolute Gasteiger partial charge is 0.322 e. The molecule has 8 heteroatoms. The van der Waals surface area contributed by atoms with Crippen molar-refractivity contribution >= 4 is 11.6 Å². The van der Waals surface area contributed by atoms with Gasteiger partial charge in [0.15, 0.2) is 0 Å². The third-order valence-corrected chi connectivity index (χ3v) is 4.66. The van der Waals surface area contributed by atoms with Gasteiger partial charge in [0, 0.05) is 30.5 Å². The van der Waals surface area contributed by atoms with Crippen molar-refractivity contribution < 1.29 is 4.79 Å². The number of aryl methyl sites for hydroxylation is 2. The van der Waals surface area contributed by atoms with E-state index < -0.39 is 5.91 Å². The molecular formula is C22H20N6O2. The van der Waals surface area contributed by atoms with Crippen LogP contribution in [0.15, 0.2) is 72.2 Å². The number of carbonyl (C=O) groups excluding carboxylic acids is 1. The summed E-state index contributed by atoms with van der Waals surface area (Å²) < 4.78 is 3.18. The monoisotopic (exact) mass is 400 g/mol. The lowest BCUT2D eigenvalue weighted by atomic mass is 10.1. The van der Waals surface area contributed by atoms with Crippen LogP contribution in [0.2, 0.25) is 0 Å². The standard InChI is InChI=1S/C22H20N6O2/c1-15-8-11-27(14-18-13-23-16(2)12-24-18)22(30)20(15)21(29)26-17-4-6-19(7-5-17)28-10-3-9-25-28/h3-13H,14H2,1-2H3,(H,26,29). The van der Waals surface area contributed by atoms with E-state index in [0.717, 1.165) is 11.4 Å². The van der Waals surface area contributed by atoms with Crippen LogP contribution in [0, 0.1) is 13.8 Å². The summed E-state index contributed by atoms with van der Waals surface area (Å²) in [7, 11) is 0. The number of hydrogen-bond donors (Lipinski definition) is 1. The molecule has 3 aromatic heterocycles. The summed E-state index contributed by atoms with van der Waals surface area (Å²) in [5.41, 5.74) is 3.25. The second-order valence-electron chi connectivity index (χ2n) is 6.91. The van der Waals surface area contributed by atoms with Crippen molar-refractivity contribution in [1.82, 2.24) is 24.3 Å². The van der Waals surface area contributed by atoms with Gasteiger partial charge >= 0.3 is 0 Å². The second-order valence-corrected chi connectivity index (χ2v) is 6.91. The van der Waals surface area contributed by atoms with Gasteiger partial charge in [-0.1, -0.05) is 0 Å². The molecule has 0 atom stereocenters. The fraction of sp³-hybridized carbons (Fsp3) is 0.136. The molecule has 0 radical (unpaired) electrons. The lowest BCUT2D eigenvalue weighted by Crippen LogP contribution is -2.30. The molecule has 150 valence electrons. The second kappa shape index (κ2) is 8.12. The highest BCUT2D eigenvalue weighted by molar-refractivity contribution is 6.05. The van der Waals surface area contributed by atoms with E-state index in [9.17, 15) is 9.59 Å². The highest BCUT2D eigenvalue weighted by atomic mass is 16.2. The van der Waals surface area contributed by atoms with E-state index in [4.69, 9.17) is 0 Å². The molecule has 0 saturated carbocycles. The summed E-state index contributed by atoms with van der Waals surface area (Å²) in [4.78, 5) is 34.3. The van der Waals surface area contributed by atoms with Gasteiger partial charge in [-0.15, -0.1) is 0 Å². The van der Waals surface area contributed by atoms with Crippen LogP contribution in [0.5, 0.6) is 0 Å². The molecular weight excluding hydrogens is 380 g/mol. The molecule has 4 aromatic rings. The molecule has 8 nitrogen and oxygen atoms in total. The summed E-state index contributed by atoms with van der Waals surface area (Å²) in [6.45, 7) is 3.83. The van der Waals surface area contributed by atoms with Gasteiger partial charge < -0.3 is 9.88 Å². The molecule has 0 bridgehead atoms. The molecule has 0 saturated heterocycles. The Kier molecular flexibility index (Phi) is 5.21. The van der Waals surface area contributed by atoms with Crippen molar-refractivity contribution in [3.05, 3.63) is 100 Å². The molecule has 1 N–H and O–H groups in total. The Hall–Kier alpha value is -4.07. The van der Waals surface area contributed by atoms with Crippen molar-refractivity contribution in [3.63, 3.8) is 0 Å². The van der Waals surface area contributed by atoms with E-state index >= 15 is 0 Å². The highest BCUT2D eigenvalue weighted by Gasteiger charge is 2.16. The maximum Gasteiger partial charge on any atom is 0.264 e. The number of rotatable bonds is 5. The fourth-order valence-corrected chi connectivity index (χ4v) is 3.05. The molecule has 0 aliphatic carbocycles. The SMILES string of the molecule is Cc1cnc(Cn2ccc(C)c(C(=O)Nc3ccc(-n4cccn4)cc3)c2=O)cn1.